The molecule has 0 N–H and O–H groups in total. The molecule has 76 heavy (non-hydrogen) atoms. The molecule has 386 valence electrons. The molecule has 6 heteroatoms. The number of para-hydroxylation sites is 3. The topological polar surface area (TPSA) is 33.5 Å². The predicted molar refractivity (Wildman–Crippen MR) is 315 cm³/mol. The molecule has 0 saturated heterocycles. The van der Waals surface area contributed by atoms with Crippen LogP contribution in [0.5, 0.6) is 11.5 Å². The summed E-state index contributed by atoms with van der Waals surface area (Å²) < 4.78 is 128. The van der Waals surface area contributed by atoms with Gasteiger partial charge in [-0.1, -0.05) is 189 Å². The largest absolute Gasteiger partial charge is 0.509 e. The number of hydrogen-bond donors (Lipinski definition) is 0. The molecule has 0 atom stereocenters. The first-order chi connectivity index (χ1) is 41.8. The van der Waals surface area contributed by atoms with Crippen molar-refractivity contribution in [3.8, 4) is 50.7 Å². The number of aryl methyl sites for hydroxylation is 2. The van der Waals surface area contributed by atoms with Gasteiger partial charge < -0.3 is 19.1 Å². The molecule has 5 nitrogen and oxygen atoms in total. The fourth-order valence-electron chi connectivity index (χ4n) is 9.93. The molecule has 1 aliphatic rings. The van der Waals surface area contributed by atoms with Crippen LogP contribution in [-0.4, -0.2) is 9.55 Å². The molecule has 2 aromatic heterocycles. The fourth-order valence-corrected chi connectivity index (χ4v) is 9.93. The summed E-state index contributed by atoms with van der Waals surface area (Å²) in [5.41, 5.74) is 5.65. The van der Waals surface area contributed by atoms with E-state index in [9.17, 15) is 9.60 Å². The Balaban J connectivity index is 0.00000873. The molecule has 10 aromatic rings. The third kappa shape index (κ3) is 10.4. The van der Waals surface area contributed by atoms with E-state index in [0.717, 1.165) is 71.7 Å². The zero-order valence-electron chi connectivity index (χ0n) is 57.1. The number of unbranched alkanes of at least 4 members (excludes halogenated alkanes) is 2. The van der Waals surface area contributed by atoms with Crippen LogP contribution >= 0.6 is 0 Å². The van der Waals surface area contributed by atoms with Crippen molar-refractivity contribution in [2.24, 2.45) is 0 Å². The number of rotatable bonds is 14. The van der Waals surface area contributed by atoms with Crippen molar-refractivity contribution in [2.45, 2.75) is 105 Å². The zero-order valence-corrected chi connectivity index (χ0v) is 46.4. The molecule has 0 bridgehead atoms. The van der Waals surface area contributed by atoms with Gasteiger partial charge in [0.15, 0.2) is 0 Å². The third-order valence-corrected chi connectivity index (χ3v) is 13.8. The number of hydrogen-bond acceptors (Lipinski definition) is 4. The SMILES string of the molecule is [2H]c1c([2H])c([2H])c(-c2cccc(-c3c([2H])c([2H])c([2H])c(-c4c([2H])c([2H])c([2H])c(C(C)(C)C)c4[2H])c3[2H])c2N2[CH-]N(c3[c-]c(Oc4[c-]c5c(cc4)c4cc(CCCCC)c(CCC)cc4n5-c4cc(C(C)(C)C)ccn4)ccc3)c3ccccc32)c([2H])c1[2H].[Pt]. The van der Waals surface area contributed by atoms with Crippen LogP contribution in [0.4, 0.5) is 22.7 Å². The van der Waals surface area contributed by atoms with Gasteiger partial charge in [0.25, 0.3) is 0 Å². The van der Waals surface area contributed by atoms with Gasteiger partial charge in [0.05, 0.1) is 17.8 Å². The second-order valence-corrected chi connectivity index (χ2v) is 21.2. The number of fused-ring (bicyclic) bond motifs is 4. The predicted octanol–water partition coefficient (Wildman–Crippen LogP) is 19.3. The van der Waals surface area contributed by atoms with Crippen molar-refractivity contribution in [1.29, 1.82) is 0 Å². The number of anilines is 4. The molecule has 3 heterocycles. The molecular formula is C70H67N4OPt-3. The molecule has 0 spiro atoms. The Morgan fingerprint density at radius 2 is 1.25 bits per heavy atom. The van der Waals surface area contributed by atoms with Gasteiger partial charge >= 0.3 is 0 Å². The summed E-state index contributed by atoms with van der Waals surface area (Å²) in [7, 11) is 0. The molecule has 0 unspecified atom stereocenters. The van der Waals surface area contributed by atoms with E-state index in [1.165, 1.54) is 11.1 Å². The number of ether oxygens (including phenoxy) is 1. The van der Waals surface area contributed by atoms with Gasteiger partial charge in [0.2, 0.25) is 0 Å². The minimum Gasteiger partial charge on any atom is -0.509 e. The van der Waals surface area contributed by atoms with Gasteiger partial charge in [0, 0.05) is 72.5 Å². The van der Waals surface area contributed by atoms with Crippen LogP contribution in [-0.2, 0) is 44.7 Å². The van der Waals surface area contributed by atoms with Crippen molar-refractivity contribution in [3.63, 3.8) is 0 Å². The van der Waals surface area contributed by atoms with Crippen molar-refractivity contribution in [3.05, 3.63) is 223 Å². The van der Waals surface area contributed by atoms with E-state index in [0.29, 0.717) is 28.6 Å². The number of pyridine rings is 1. The number of benzene rings is 8. The number of aromatic nitrogens is 2. The summed E-state index contributed by atoms with van der Waals surface area (Å²) in [5, 5.41) is 2.12. The average molecular weight is 1190 g/mol. The van der Waals surface area contributed by atoms with Crippen molar-refractivity contribution in [2.75, 3.05) is 9.80 Å². The molecule has 0 radical (unpaired) electrons. The van der Waals surface area contributed by atoms with Gasteiger partial charge in [-0.3, -0.25) is 0 Å². The Bertz CT molecular complexity index is 4450. The summed E-state index contributed by atoms with van der Waals surface area (Å²) in [6.45, 7) is 18.0. The summed E-state index contributed by atoms with van der Waals surface area (Å²) >= 11 is 0. The van der Waals surface area contributed by atoms with Crippen LogP contribution < -0.4 is 14.5 Å². The zero-order chi connectivity index (χ0) is 63.2. The smallest absolute Gasteiger partial charge is 0.135 e. The second kappa shape index (κ2) is 21.8. The van der Waals surface area contributed by atoms with Crippen LogP contribution in [0.2, 0.25) is 0 Å². The average Bonchev–Trinajstić information content (AvgIpc) is 1.71. The molecule has 11 rings (SSSR count). The second-order valence-electron chi connectivity index (χ2n) is 21.2. The van der Waals surface area contributed by atoms with Crippen molar-refractivity contribution < 1.29 is 43.6 Å². The van der Waals surface area contributed by atoms with Gasteiger partial charge in [-0.2, -0.15) is 12.1 Å². The van der Waals surface area contributed by atoms with Crippen molar-refractivity contribution in [1.82, 2.24) is 9.55 Å². The van der Waals surface area contributed by atoms with E-state index in [4.69, 9.17) is 17.9 Å². The maximum absolute atomic E-state index is 10.00. The normalized spacial score (nSPS) is 15.0. The van der Waals surface area contributed by atoms with E-state index < -0.39 is 71.9 Å². The molecule has 0 amide bonds. The first-order valence-electron chi connectivity index (χ1n) is 32.4. The first kappa shape index (κ1) is 38.4. The monoisotopic (exact) mass is 1190 g/mol. The van der Waals surface area contributed by atoms with E-state index in [1.54, 1.807) is 56.6 Å². The van der Waals surface area contributed by atoms with Gasteiger partial charge in [0.1, 0.15) is 5.82 Å². The van der Waals surface area contributed by atoms with E-state index in [-0.39, 0.29) is 83.2 Å². The molecule has 8 aromatic carbocycles. The van der Waals surface area contributed by atoms with Gasteiger partial charge in [-0.15, -0.1) is 48.1 Å². The first-order valence-corrected chi connectivity index (χ1v) is 25.9. The maximum atomic E-state index is 10.00. The van der Waals surface area contributed by atoms with E-state index in [1.807, 2.05) is 53.6 Å². The van der Waals surface area contributed by atoms with E-state index >= 15 is 0 Å². The Morgan fingerprint density at radius 1 is 0.579 bits per heavy atom. The van der Waals surface area contributed by atoms with Crippen LogP contribution in [0, 0.1) is 18.8 Å². The van der Waals surface area contributed by atoms with Crippen LogP contribution in [0.15, 0.2) is 182 Å². The van der Waals surface area contributed by atoms with Crippen LogP contribution in [0.3, 0.4) is 0 Å². The molecular weight excluding hydrogens is 1110 g/mol. The summed E-state index contributed by atoms with van der Waals surface area (Å²) in [5.74, 6) is 1.56. The third-order valence-electron chi connectivity index (χ3n) is 13.8. The summed E-state index contributed by atoms with van der Waals surface area (Å²) in [6.07, 6.45) is 8.22. The molecule has 0 saturated carbocycles. The Hall–Kier alpha value is -7.20. The minimum absolute atomic E-state index is 0. The summed E-state index contributed by atoms with van der Waals surface area (Å²) in [6, 6.07) is 30.6. The fraction of sp³-hybridized carbons (Fsp3) is 0.229. The minimum atomic E-state index is -0.887. The standard InChI is InChI=1S/C70H67N4O.Pt/c1-9-11-13-25-52-42-62-61-37-36-58(46-66(61)74(65(62)43-49(52)22-10-2)67-44-55(38-39-71-67)70(6,7)8)75-57-31-20-30-56(45-57)72-47-73(64-35-17-16-34-63(64)72)68-59(48-23-14-12-15-24-48)32-21-33-60(68)53-28-18-26-50(40-53)51-27-19-29-54(41-51)69(3,4)5;/h12,14-21,23-24,26-44,47H,9-11,13,22,25H2,1-8H3;/q-3;/i12D,14D,15D,18D,19D,23D,24D,26D,27D,28D,29D,40D,41D;. The quantitative estimate of drug-likeness (QED) is 0.0803. The summed E-state index contributed by atoms with van der Waals surface area (Å²) in [4.78, 5) is 8.54. The Labute approximate surface area is 483 Å². The number of nitrogens with zero attached hydrogens (tertiary/aromatic N) is 4. The van der Waals surface area contributed by atoms with Gasteiger partial charge in [-0.05, 0) is 116 Å². The molecule has 0 aliphatic carbocycles. The Morgan fingerprint density at radius 3 is 2.00 bits per heavy atom. The van der Waals surface area contributed by atoms with Crippen LogP contribution in [0.1, 0.15) is 121 Å². The van der Waals surface area contributed by atoms with Crippen molar-refractivity contribution >= 4 is 44.6 Å². The molecule has 0 fully saturated rings. The maximum Gasteiger partial charge on any atom is 0.135 e. The van der Waals surface area contributed by atoms with Gasteiger partial charge in [-0.25, -0.2) is 4.98 Å². The molecule has 1 aliphatic heterocycles. The Kier molecular flexibility index (Phi) is 11.0. The van der Waals surface area contributed by atoms with Crippen LogP contribution in [0.25, 0.3) is 61.0 Å². The van der Waals surface area contributed by atoms with E-state index in [2.05, 4.69) is 81.7 Å².